The van der Waals surface area contributed by atoms with Gasteiger partial charge in [0, 0.05) is 27.2 Å². The number of allylic oxidation sites excluding steroid dienone is 1. The lowest BCUT2D eigenvalue weighted by molar-refractivity contribution is -0.115. The van der Waals surface area contributed by atoms with Gasteiger partial charge in [0.2, 0.25) is 5.91 Å². The molecule has 156 valence electrons. The van der Waals surface area contributed by atoms with Crippen LogP contribution in [0.15, 0.2) is 40.8 Å². The Hall–Kier alpha value is -1.80. The Bertz CT molecular complexity index is 1200. The predicted molar refractivity (Wildman–Crippen MR) is 127 cm³/mol. The molecule has 4 rings (SSSR count). The summed E-state index contributed by atoms with van der Waals surface area (Å²) in [5.74, 6) is -0.230. The van der Waals surface area contributed by atoms with Crippen molar-refractivity contribution in [1.29, 1.82) is 0 Å². The van der Waals surface area contributed by atoms with Crippen LogP contribution in [0.1, 0.15) is 23.8 Å². The van der Waals surface area contributed by atoms with E-state index in [1.807, 2.05) is 0 Å². The van der Waals surface area contributed by atoms with Crippen molar-refractivity contribution < 1.29 is 4.79 Å². The molecule has 0 fully saturated rings. The number of aromatic nitrogens is 2. The van der Waals surface area contributed by atoms with Crippen molar-refractivity contribution in [1.82, 2.24) is 9.55 Å². The summed E-state index contributed by atoms with van der Waals surface area (Å²) in [6.07, 6.45) is 4.68. The molecule has 0 bridgehead atoms. The second-order valence-corrected chi connectivity index (χ2v) is 10.3. The number of carbonyl (C=O) groups excluding carboxylic acids is 1. The molecule has 1 amide bonds. The van der Waals surface area contributed by atoms with Crippen molar-refractivity contribution in [2.24, 2.45) is 0 Å². The molecule has 1 N–H and O–H groups in total. The molecule has 0 radical (unpaired) electrons. The molecule has 5 nitrogen and oxygen atoms in total. The first-order valence-electron chi connectivity index (χ1n) is 9.47. The van der Waals surface area contributed by atoms with Crippen molar-refractivity contribution in [3.8, 4) is 0 Å². The van der Waals surface area contributed by atoms with Gasteiger partial charge >= 0.3 is 0 Å². The Labute approximate surface area is 192 Å². The van der Waals surface area contributed by atoms with Crippen LogP contribution in [0.2, 0.25) is 10.0 Å². The number of thioether (sulfide) groups is 1. The highest BCUT2D eigenvalue weighted by Gasteiger charge is 2.25. The van der Waals surface area contributed by atoms with E-state index in [2.05, 4.69) is 11.9 Å². The maximum absolute atomic E-state index is 13.2. The van der Waals surface area contributed by atoms with Crippen LogP contribution in [0, 0.1) is 0 Å². The Morgan fingerprint density at radius 2 is 2.10 bits per heavy atom. The van der Waals surface area contributed by atoms with Gasteiger partial charge in [-0.05, 0) is 49.9 Å². The quantitative estimate of drug-likeness (QED) is 0.285. The van der Waals surface area contributed by atoms with E-state index in [4.69, 9.17) is 28.2 Å². The van der Waals surface area contributed by atoms with E-state index >= 15 is 0 Å². The fraction of sp³-hybridized carbons (Fsp3) is 0.286. The fourth-order valence-corrected chi connectivity index (χ4v) is 6.27. The van der Waals surface area contributed by atoms with Gasteiger partial charge < -0.3 is 5.32 Å². The predicted octanol–water partition coefficient (Wildman–Crippen LogP) is 5.56. The number of nitrogens with zero attached hydrogens (tertiary/aromatic N) is 2. The summed E-state index contributed by atoms with van der Waals surface area (Å²) in [5.41, 5.74) is 1.60. The van der Waals surface area contributed by atoms with E-state index in [0.717, 1.165) is 35.0 Å². The summed E-state index contributed by atoms with van der Waals surface area (Å²) in [6.45, 7) is 5.88. The molecule has 0 saturated carbocycles. The Balaban J connectivity index is 1.63. The van der Waals surface area contributed by atoms with Crippen LogP contribution in [0.4, 0.5) is 5.69 Å². The molecule has 1 aromatic carbocycles. The zero-order valence-electron chi connectivity index (χ0n) is 16.2. The number of hydrogen-bond acceptors (Lipinski definition) is 5. The van der Waals surface area contributed by atoms with Gasteiger partial charge in [-0.3, -0.25) is 14.2 Å². The van der Waals surface area contributed by atoms with Gasteiger partial charge in [-0.25, -0.2) is 4.98 Å². The zero-order valence-corrected chi connectivity index (χ0v) is 19.4. The highest BCUT2D eigenvalue weighted by Crippen LogP contribution is 2.36. The monoisotopic (exact) mass is 479 g/mol. The first-order valence-corrected chi connectivity index (χ1v) is 11.9. The molecular weight excluding hydrogens is 461 g/mol. The van der Waals surface area contributed by atoms with Crippen LogP contribution in [-0.2, 0) is 24.2 Å². The smallest absolute Gasteiger partial charge is 0.263 e. The Morgan fingerprint density at radius 3 is 2.80 bits per heavy atom. The second-order valence-electron chi connectivity index (χ2n) is 7.04. The molecule has 1 aliphatic carbocycles. The van der Waals surface area contributed by atoms with E-state index in [-0.39, 0.29) is 11.5 Å². The van der Waals surface area contributed by atoms with E-state index in [9.17, 15) is 9.59 Å². The Kier molecular flexibility index (Phi) is 6.25. The first-order chi connectivity index (χ1) is 14.4. The van der Waals surface area contributed by atoms with Crippen molar-refractivity contribution in [3.63, 3.8) is 0 Å². The van der Waals surface area contributed by atoms with Crippen molar-refractivity contribution in [2.45, 2.75) is 43.1 Å². The lowest BCUT2D eigenvalue weighted by atomic mass is 10.2. The molecule has 1 aliphatic rings. The molecule has 2 heterocycles. The van der Waals surface area contributed by atoms with Gasteiger partial charge in [-0.15, -0.1) is 17.9 Å². The van der Waals surface area contributed by atoms with Gasteiger partial charge in [0.15, 0.2) is 5.16 Å². The highest BCUT2D eigenvalue weighted by molar-refractivity contribution is 8.00. The van der Waals surface area contributed by atoms with E-state index in [1.54, 1.807) is 47.1 Å². The zero-order chi connectivity index (χ0) is 21.4. The third kappa shape index (κ3) is 4.17. The number of amides is 1. The second kappa shape index (κ2) is 8.75. The molecule has 2 aromatic heterocycles. The molecule has 9 heteroatoms. The minimum atomic E-state index is -0.491. The number of thiophene rings is 1. The number of rotatable bonds is 6. The SMILES string of the molecule is C=CCn1c(SC(C)C(=O)Nc2cc(Cl)cc(Cl)c2)nc2sc3c(c2c1=O)CCC3. The van der Waals surface area contributed by atoms with Gasteiger partial charge in [0.05, 0.1) is 10.6 Å². The molecular formula is C21H19Cl2N3O2S2. The first kappa shape index (κ1) is 21.4. The van der Waals surface area contributed by atoms with E-state index < -0.39 is 5.25 Å². The summed E-state index contributed by atoms with van der Waals surface area (Å²) in [4.78, 5) is 32.7. The van der Waals surface area contributed by atoms with Gasteiger partial charge in [0.1, 0.15) is 4.83 Å². The third-order valence-electron chi connectivity index (χ3n) is 4.88. The number of carbonyl (C=O) groups is 1. The summed E-state index contributed by atoms with van der Waals surface area (Å²) in [6, 6.07) is 4.87. The van der Waals surface area contributed by atoms with Crippen LogP contribution in [0.3, 0.4) is 0 Å². The van der Waals surface area contributed by atoms with Crippen LogP contribution in [0.5, 0.6) is 0 Å². The number of fused-ring (bicyclic) bond motifs is 3. The number of nitrogens with one attached hydrogen (secondary N) is 1. The number of benzene rings is 1. The number of halogens is 2. The lowest BCUT2D eigenvalue weighted by Crippen LogP contribution is -2.26. The number of hydrogen-bond donors (Lipinski definition) is 1. The third-order valence-corrected chi connectivity index (χ3v) is 7.60. The van der Waals surface area contributed by atoms with Crippen LogP contribution in [0.25, 0.3) is 10.2 Å². The van der Waals surface area contributed by atoms with Gasteiger partial charge in [0.25, 0.3) is 5.56 Å². The average Bonchev–Trinajstić information content (AvgIpc) is 3.24. The van der Waals surface area contributed by atoms with Crippen molar-refractivity contribution in [2.75, 3.05) is 5.32 Å². The van der Waals surface area contributed by atoms with E-state index in [1.165, 1.54) is 16.6 Å². The van der Waals surface area contributed by atoms with Crippen molar-refractivity contribution in [3.05, 3.63) is 61.7 Å². The summed E-state index contributed by atoms with van der Waals surface area (Å²) < 4.78 is 1.60. The summed E-state index contributed by atoms with van der Waals surface area (Å²) >= 11 is 14.8. The molecule has 1 unspecified atom stereocenters. The maximum Gasteiger partial charge on any atom is 0.263 e. The lowest BCUT2D eigenvalue weighted by Gasteiger charge is -2.15. The molecule has 1 atom stereocenters. The molecule has 0 saturated heterocycles. The topological polar surface area (TPSA) is 64.0 Å². The standard InChI is InChI=1S/C21H19Cl2N3O2S2/c1-3-7-26-20(28)17-15-5-4-6-16(15)30-19(17)25-21(26)29-11(2)18(27)24-14-9-12(22)8-13(23)10-14/h3,8-11H,1,4-7H2,2H3,(H,24,27). The number of anilines is 1. The van der Waals surface area contributed by atoms with Crippen LogP contribution < -0.4 is 10.9 Å². The number of aryl methyl sites for hydroxylation is 2. The molecule has 30 heavy (non-hydrogen) atoms. The molecule has 0 spiro atoms. The minimum absolute atomic E-state index is 0.0592. The largest absolute Gasteiger partial charge is 0.325 e. The summed E-state index contributed by atoms with van der Waals surface area (Å²) in [5, 5.41) is 4.45. The Morgan fingerprint density at radius 1 is 1.37 bits per heavy atom. The van der Waals surface area contributed by atoms with Crippen molar-refractivity contribution >= 4 is 68.1 Å². The van der Waals surface area contributed by atoms with Gasteiger partial charge in [-0.2, -0.15) is 0 Å². The summed E-state index contributed by atoms with van der Waals surface area (Å²) in [7, 11) is 0. The van der Waals surface area contributed by atoms with E-state index in [0.29, 0.717) is 27.4 Å². The highest BCUT2D eigenvalue weighted by atomic mass is 35.5. The maximum atomic E-state index is 13.2. The normalized spacial score (nSPS) is 14.0. The molecule has 0 aliphatic heterocycles. The average molecular weight is 480 g/mol. The van der Waals surface area contributed by atoms with Crippen LogP contribution >= 0.6 is 46.3 Å². The van der Waals surface area contributed by atoms with Gasteiger partial charge in [-0.1, -0.05) is 41.0 Å². The minimum Gasteiger partial charge on any atom is -0.325 e. The molecule has 3 aromatic rings. The van der Waals surface area contributed by atoms with Crippen LogP contribution in [-0.4, -0.2) is 20.7 Å². The fourth-order valence-electron chi connectivity index (χ4n) is 3.52.